The maximum Gasteiger partial charge on any atom is 0.0735 e. The first-order valence-electron chi connectivity index (χ1n) is 14.0. The highest BCUT2D eigenvalue weighted by molar-refractivity contribution is 5.20. The molecule has 1 unspecified atom stereocenters. The summed E-state index contributed by atoms with van der Waals surface area (Å²) in [5.74, 6) is 1.86. The molecule has 0 aromatic heterocycles. The van der Waals surface area contributed by atoms with Gasteiger partial charge in [-0.15, -0.1) is 0 Å². The number of aliphatic hydroxyl groups excluding tert-OH is 3. The van der Waals surface area contributed by atoms with Crippen molar-refractivity contribution in [2.75, 3.05) is 0 Å². The van der Waals surface area contributed by atoms with Crippen LogP contribution in [0.3, 0.4) is 0 Å². The highest BCUT2D eigenvalue weighted by Crippen LogP contribution is 2.70. The van der Waals surface area contributed by atoms with Crippen molar-refractivity contribution in [3.63, 3.8) is 0 Å². The second kappa shape index (κ2) is 7.41. The summed E-state index contributed by atoms with van der Waals surface area (Å²) in [5.41, 5.74) is -1.92. The van der Waals surface area contributed by atoms with E-state index in [0.29, 0.717) is 37.0 Å². The van der Waals surface area contributed by atoms with Gasteiger partial charge in [0.1, 0.15) is 0 Å². The van der Waals surface area contributed by atoms with Crippen LogP contribution in [0, 0.1) is 58.7 Å². The molecule has 0 aromatic carbocycles. The fourth-order valence-corrected chi connectivity index (χ4v) is 11.3. The topological polar surface area (TPSA) is 101 Å². The molecule has 6 fully saturated rings. The van der Waals surface area contributed by atoms with Crippen LogP contribution in [0.5, 0.6) is 0 Å². The molecule has 0 aliphatic heterocycles. The molecule has 5 nitrogen and oxygen atoms in total. The van der Waals surface area contributed by atoms with Crippen molar-refractivity contribution in [2.45, 2.75) is 114 Å². The quantitative estimate of drug-likeness (QED) is 0.381. The van der Waals surface area contributed by atoms with Crippen LogP contribution >= 0.6 is 0 Å². The van der Waals surface area contributed by atoms with E-state index in [1.165, 1.54) is 0 Å². The average Bonchev–Trinajstić information content (AvgIpc) is 3.01. The van der Waals surface area contributed by atoms with Gasteiger partial charge in [-0.25, -0.2) is 0 Å². The van der Waals surface area contributed by atoms with Gasteiger partial charge in [0.05, 0.1) is 29.5 Å². The van der Waals surface area contributed by atoms with Gasteiger partial charge in [-0.1, -0.05) is 20.3 Å². The molecule has 5 N–H and O–H groups in total. The van der Waals surface area contributed by atoms with E-state index in [1.807, 2.05) is 6.92 Å². The molecule has 0 heterocycles. The summed E-state index contributed by atoms with van der Waals surface area (Å²) in [6.45, 7) is 6.61. The highest BCUT2D eigenvalue weighted by Gasteiger charge is 2.71. The Labute approximate surface area is 199 Å². The van der Waals surface area contributed by atoms with Crippen molar-refractivity contribution in [1.29, 1.82) is 0 Å². The first-order chi connectivity index (χ1) is 15.5. The first kappa shape index (κ1) is 23.2. The summed E-state index contributed by atoms with van der Waals surface area (Å²) < 4.78 is 0. The number of aliphatic hydroxyl groups is 5. The van der Waals surface area contributed by atoms with Gasteiger partial charge in [0.15, 0.2) is 0 Å². The summed E-state index contributed by atoms with van der Waals surface area (Å²) in [7, 11) is 0. The van der Waals surface area contributed by atoms with E-state index in [2.05, 4.69) is 13.8 Å². The van der Waals surface area contributed by atoms with E-state index in [9.17, 15) is 25.5 Å². The normalized spacial score (nSPS) is 64.7. The third-order valence-corrected chi connectivity index (χ3v) is 12.6. The number of fused-ring (bicyclic) bond motifs is 8. The van der Waals surface area contributed by atoms with Crippen LogP contribution in [-0.2, 0) is 0 Å². The molecule has 5 heteroatoms. The van der Waals surface area contributed by atoms with E-state index in [4.69, 9.17) is 0 Å². The molecule has 6 aliphatic rings. The summed E-state index contributed by atoms with van der Waals surface area (Å²) in [6.07, 6.45) is 7.03. The summed E-state index contributed by atoms with van der Waals surface area (Å²) >= 11 is 0. The van der Waals surface area contributed by atoms with Crippen LogP contribution in [0.2, 0.25) is 0 Å². The Bertz CT molecular complexity index is 784. The van der Waals surface area contributed by atoms with Crippen LogP contribution in [0.15, 0.2) is 0 Å². The van der Waals surface area contributed by atoms with Crippen molar-refractivity contribution >= 4 is 0 Å². The van der Waals surface area contributed by atoms with E-state index >= 15 is 0 Å². The smallest absolute Gasteiger partial charge is 0.0735 e. The first-order valence-corrected chi connectivity index (χ1v) is 14.0. The van der Waals surface area contributed by atoms with E-state index in [1.54, 1.807) is 0 Å². The Hall–Kier alpha value is -0.200. The Kier molecular flexibility index (Phi) is 5.21. The SMILES string of the molecule is C[C@@H]1CC[C@H]2C(C1)C[C@H]1[C@@H]([C@H](O)C[C@@]3(O)[C@@H]1C[C@@H]1[C@@H]3C[C@@H](O)[C@@H]3C[C@H](O)CC[C@@]13C)[C@@]2(C)O. The predicted octanol–water partition coefficient (Wildman–Crippen LogP) is 3.11. The van der Waals surface area contributed by atoms with Crippen LogP contribution in [0.25, 0.3) is 0 Å². The molecule has 6 aliphatic carbocycles. The van der Waals surface area contributed by atoms with E-state index < -0.39 is 23.4 Å². The third-order valence-electron chi connectivity index (χ3n) is 12.6. The molecule has 0 spiro atoms. The summed E-state index contributed by atoms with van der Waals surface area (Å²) in [6, 6.07) is 0. The molecule has 0 radical (unpaired) electrons. The molecular formula is C28H46O5. The lowest BCUT2D eigenvalue weighted by molar-refractivity contribution is -0.241. The monoisotopic (exact) mass is 462 g/mol. The summed E-state index contributed by atoms with van der Waals surface area (Å²) in [4.78, 5) is 0. The molecule has 0 amide bonds. The molecular weight excluding hydrogens is 416 g/mol. The molecule has 6 saturated carbocycles. The number of hydrogen-bond acceptors (Lipinski definition) is 5. The maximum absolute atomic E-state index is 12.3. The molecule has 6 rings (SSSR count). The second-order valence-electron chi connectivity index (χ2n) is 14.1. The minimum absolute atomic E-state index is 0.00227. The minimum Gasteiger partial charge on any atom is -0.393 e. The fraction of sp³-hybridized carbons (Fsp3) is 1.00. The van der Waals surface area contributed by atoms with Crippen LogP contribution in [0.4, 0.5) is 0 Å². The largest absolute Gasteiger partial charge is 0.393 e. The zero-order valence-electron chi connectivity index (χ0n) is 20.7. The van der Waals surface area contributed by atoms with Gasteiger partial charge < -0.3 is 25.5 Å². The van der Waals surface area contributed by atoms with Gasteiger partial charge in [-0.2, -0.15) is 0 Å². The standard InChI is InChI=1S/C28H46O5/c1-14-4-5-18-15(8-14)9-17-19-11-20-21(28(19,33)13-24(31)25(17)27(18,3)32)12-23(30)22-10-16(29)6-7-26(20,22)2/h14-25,29-33H,4-13H2,1-3H3/t14-,15?,16-,17-,18+,19-,20-,21+,22+,23-,24-,25+,26+,27+,28-/m1/s1. The number of hydrogen-bond donors (Lipinski definition) is 5. The zero-order valence-corrected chi connectivity index (χ0v) is 20.7. The lowest BCUT2D eigenvalue weighted by Gasteiger charge is -2.61. The Morgan fingerprint density at radius 1 is 0.697 bits per heavy atom. The van der Waals surface area contributed by atoms with Crippen molar-refractivity contribution in [1.82, 2.24) is 0 Å². The molecule has 0 aromatic rings. The highest BCUT2D eigenvalue weighted by atomic mass is 16.3. The third kappa shape index (κ3) is 3.08. The Balaban J connectivity index is 1.37. The van der Waals surface area contributed by atoms with Crippen LogP contribution < -0.4 is 0 Å². The lowest BCUT2D eigenvalue weighted by atomic mass is 9.47. The van der Waals surface area contributed by atoms with Gasteiger partial charge in [0.25, 0.3) is 0 Å². The Morgan fingerprint density at radius 2 is 1.45 bits per heavy atom. The van der Waals surface area contributed by atoms with Crippen molar-refractivity contribution in [3.05, 3.63) is 0 Å². The van der Waals surface area contributed by atoms with Gasteiger partial charge in [0, 0.05) is 12.3 Å². The summed E-state index contributed by atoms with van der Waals surface area (Å²) in [5, 5.41) is 57.2. The fourth-order valence-electron chi connectivity index (χ4n) is 11.3. The average molecular weight is 463 g/mol. The van der Waals surface area contributed by atoms with Gasteiger partial charge >= 0.3 is 0 Å². The maximum atomic E-state index is 12.3. The van der Waals surface area contributed by atoms with Gasteiger partial charge in [0.2, 0.25) is 0 Å². The Morgan fingerprint density at radius 3 is 2.21 bits per heavy atom. The van der Waals surface area contributed by atoms with Crippen LogP contribution in [0.1, 0.15) is 85.0 Å². The minimum atomic E-state index is -0.959. The molecule has 0 bridgehead atoms. The van der Waals surface area contributed by atoms with Crippen molar-refractivity contribution < 1.29 is 25.5 Å². The van der Waals surface area contributed by atoms with E-state index in [-0.39, 0.29) is 47.0 Å². The van der Waals surface area contributed by atoms with Gasteiger partial charge in [-0.3, -0.25) is 0 Å². The van der Waals surface area contributed by atoms with Crippen molar-refractivity contribution in [3.8, 4) is 0 Å². The van der Waals surface area contributed by atoms with Crippen LogP contribution in [-0.4, -0.2) is 55.0 Å². The number of rotatable bonds is 0. The molecule has 15 atom stereocenters. The van der Waals surface area contributed by atoms with Crippen molar-refractivity contribution in [2.24, 2.45) is 58.7 Å². The molecule has 0 saturated heterocycles. The predicted molar refractivity (Wildman–Crippen MR) is 125 cm³/mol. The lowest BCUT2D eigenvalue weighted by Crippen LogP contribution is -2.66. The van der Waals surface area contributed by atoms with Gasteiger partial charge in [-0.05, 0) is 111 Å². The molecule has 33 heavy (non-hydrogen) atoms. The van der Waals surface area contributed by atoms with E-state index in [0.717, 1.165) is 44.9 Å². The molecule has 188 valence electrons. The second-order valence-corrected chi connectivity index (χ2v) is 14.1. The zero-order chi connectivity index (χ0) is 23.5.